The van der Waals surface area contributed by atoms with Crippen LogP contribution in [-0.4, -0.2) is 47.8 Å². The third-order valence-corrected chi connectivity index (χ3v) is 3.23. The number of nitrogens with zero attached hydrogens (tertiary/aromatic N) is 1. The van der Waals surface area contributed by atoms with Gasteiger partial charge >= 0.3 is 12.1 Å². The minimum absolute atomic E-state index is 0.154. The predicted octanol–water partition coefficient (Wildman–Crippen LogP) is 1.91. The fourth-order valence-electron chi connectivity index (χ4n) is 2.16. The lowest BCUT2D eigenvalue weighted by Crippen LogP contribution is -2.46. The molecule has 0 aromatic rings. The van der Waals surface area contributed by atoms with Crippen molar-refractivity contribution in [1.29, 1.82) is 0 Å². The van der Waals surface area contributed by atoms with Crippen molar-refractivity contribution in [2.24, 2.45) is 11.1 Å². The zero-order valence-corrected chi connectivity index (χ0v) is 14.0. The SMILES string of the molecule is CC(C)(C)OC(=O)N1CCC(CN)(C(=O)OC(C)(C)C)C1. The Morgan fingerprint density at radius 2 is 1.62 bits per heavy atom. The summed E-state index contributed by atoms with van der Waals surface area (Å²) in [7, 11) is 0. The minimum atomic E-state index is -0.829. The van der Waals surface area contributed by atoms with Crippen molar-refractivity contribution in [1.82, 2.24) is 4.90 Å². The molecule has 122 valence electrons. The lowest BCUT2D eigenvalue weighted by molar-refractivity contribution is -0.166. The molecule has 6 nitrogen and oxygen atoms in total. The number of hydrogen-bond donors (Lipinski definition) is 1. The summed E-state index contributed by atoms with van der Waals surface area (Å²) in [6.45, 7) is 11.7. The first kappa shape index (κ1) is 17.8. The Bertz CT molecular complexity index is 409. The highest BCUT2D eigenvalue weighted by molar-refractivity contribution is 5.80. The van der Waals surface area contributed by atoms with Crippen molar-refractivity contribution in [2.75, 3.05) is 19.6 Å². The quantitative estimate of drug-likeness (QED) is 0.788. The fraction of sp³-hybridized carbons (Fsp3) is 0.867. The predicted molar refractivity (Wildman–Crippen MR) is 79.8 cm³/mol. The highest BCUT2D eigenvalue weighted by Crippen LogP contribution is 2.33. The van der Waals surface area contributed by atoms with Gasteiger partial charge in [-0.3, -0.25) is 4.79 Å². The molecule has 21 heavy (non-hydrogen) atoms. The molecular weight excluding hydrogens is 272 g/mol. The van der Waals surface area contributed by atoms with Gasteiger partial charge in [0.15, 0.2) is 0 Å². The second kappa shape index (κ2) is 5.83. The van der Waals surface area contributed by atoms with Gasteiger partial charge in [-0.2, -0.15) is 0 Å². The third-order valence-electron chi connectivity index (χ3n) is 3.23. The molecule has 0 aromatic carbocycles. The lowest BCUT2D eigenvalue weighted by atomic mass is 9.87. The van der Waals surface area contributed by atoms with Crippen molar-refractivity contribution < 1.29 is 19.1 Å². The molecule has 0 aliphatic carbocycles. The smallest absolute Gasteiger partial charge is 0.410 e. The van der Waals surface area contributed by atoms with Crippen LogP contribution in [0.3, 0.4) is 0 Å². The number of rotatable bonds is 2. The molecule has 1 aliphatic rings. The average Bonchev–Trinajstić information content (AvgIpc) is 2.69. The highest BCUT2D eigenvalue weighted by Gasteiger charge is 2.48. The second-order valence-corrected chi connectivity index (χ2v) is 7.64. The van der Waals surface area contributed by atoms with Crippen LogP contribution in [0.5, 0.6) is 0 Å². The molecule has 0 radical (unpaired) electrons. The van der Waals surface area contributed by atoms with Crippen LogP contribution in [0.2, 0.25) is 0 Å². The largest absolute Gasteiger partial charge is 0.459 e. The van der Waals surface area contributed by atoms with E-state index in [1.54, 1.807) is 0 Å². The Hall–Kier alpha value is -1.30. The maximum Gasteiger partial charge on any atom is 0.410 e. The van der Waals surface area contributed by atoms with Crippen LogP contribution in [0.4, 0.5) is 4.79 Å². The summed E-state index contributed by atoms with van der Waals surface area (Å²) in [5.74, 6) is -0.344. The molecule has 0 saturated carbocycles. The van der Waals surface area contributed by atoms with Gasteiger partial charge in [0, 0.05) is 19.6 Å². The molecule has 0 spiro atoms. The van der Waals surface area contributed by atoms with Gasteiger partial charge in [0.05, 0.1) is 5.41 Å². The van der Waals surface area contributed by atoms with Crippen LogP contribution in [-0.2, 0) is 14.3 Å². The first-order valence-electron chi connectivity index (χ1n) is 7.30. The number of carbonyl (C=O) groups excluding carboxylic acids is 2. The lowest BCUT2D eigenvalue weighted by Gasteiger charge is -2.30. The second-order valence-electron chi connectivity index (χ2n) is 7.64. The van der Waals surface area contributed by atoms with Gasteiger partial charge in [-0.05, 0) is 48.0 Å². The van der Waals surface area contributed by atoms with E-state index in [-0.39, 0.29) is 19.1 Å². The standard InChI is InChI=1S/C15H28N2O4/c1-13(2,3)20-11(18)15(9-16)7-8-17(10-15)12(19)21-14(4,5)6/h7-10,16H2,1-6H3. The number of carbonyl (C=O) groups is 2. The molecule has 1 unspecified atom stereocenters. The van der Waals surface area contributed by atoms with E-state index >= 15 is 0 Å². The van der Waals surface area contributed by atoms with Crippen LogP contribution in [0.1, 0.15) is 48.0 Å². The van der Waals surface area contributed by atoms with E-state index in [2.05, 4.69) is 0 Å². The normalized spacial score (nSPS) is 23.1. The number of likely N-dealkylation sites (tertiary alicyclic amines) is 1. The molecule has 1 atom stereocenters. The van der Waals surface area contributed by atoms with Crippen LogP contribution in [0.15, 0.2) is 0 Å². The Labute approximate surface area is 126 Å². The summed E-state index contributed by atoms with van der Waals surface area (Å²) in [5.41, 5.74) is 3.84. The van der Waals surface area contributed by atoms with E-state index in [1.165, 1.54) is 4.90 Å². The molecule has 2 N–H and O–H groups in total. The number of esters is 1. The molecule has 0 aromatic heterocycles. The summed E-state index contributed by atoms with van der Waals surface area (Å²) in [4.78, 5) is 26.0. The van der Waals surface area contributed by atoms with Crippen molar-refractivity contribution >= 4 is 12.1 Å². The fourth-order valence-corrected chi connectivity index (χ4v) is 2.16. The number of hydrogen-bond acceptors (Lipinski definition) is 5. The summed E-state index contributed by atoms with van der Waals surface area (Å²) in [6, 6.07) is 0. The Balaban J connectivity index is 2.76. The van der Waals surface area contributed by atoms with Gasteiger partial charge in [-0.25, -0.2) is 4.79 Å². The van der Waals surface area contributed by atoms with Gasteiger partial charge in [-0.1, -0.05) is 0 Å². The summed E-state index contributed by atoms with van der Waals surface area (Å²) >= 11 is 0. The Morgan fingerprint density at radius 3 is 2.05 bits per heavy atom. The Morgan fingerprint density at radius 1 is 1.10 bits per heavy atom. The Kier molecular flexibility index (Phi) is 4.93. The van der Waals surface area contributed by atoms with Gasteiger partial charge < -0.3 is 20.1 Å². The molecule has 0 bridgehead atoms. The van der Waals surface area contributed by atoms with Crippen LogP contribution < -0.4 is 5.73 Å². The zero-order chi connectivity index (χ0) is 16.5. The third kappa shape index (κ3) is 4.88. The maximum atomic E-state index is 12.4. The molecular formula is C15H28N2O4. The molecule has 1 amide bonds. The monoisotopic (exact) mass is 300 g/mol. The number of nitrogens with two attached hydrogens (primary N) is 1. The van der Waals surface area contributed by atoms with E-state index in [1.807, 2.05) is 41.5 Å². The highest BCUT2D eigenvalue weighted by atomic mass is 16.6. The van der Waals surface area contributed by atoms with E-state index in [9.17, 15) is 9.59 Å². The minimum Gasteiger partial charge on any atom is -0.459 e. The zero-order valence-electron chi connectivity index (χ0n) is 14.0. The average molecular weight is 300 g/mol. The van der Waals surface area contributed by atoms with Crippen LogP contribution in [0, 0.1) is 5.41 Å². The van der Waals surface area contributed by atoms with Gasteiger partial charge in [0.1, 0.15) is 11.2 Å². The summed E-state index contributed by atoms with van der Waals surface area (Å²) in [5, 5.41) is 0. The van der Waals surface area contributed by atoms with E-state index < -0.39 is 22.7 Å². The molecule has 1 fully saturated rings. The van der Waals surface area contributed by atoms with Crippen LogP contribution in [0.25, 0.3) is 0 Å². The van der Waals surface area contributed by atoms with Gasteiger partial charge in [-0.15, -0.1) is 0 Å². The maximum absolute atomic E-state index is 12.4. The van der Waals surface area contributed by atoms with Gasteiger partial charge in [0.2, 0.25) is 0 Å². The van der Waals surface area contributed by atoms with Crippen molar-refractivity contribution in [2.45, 2.75) is 59.2 Å². The van der Waals surface area contributed by atoms with Gasteiger partial charge in [0.25, 0.3) is 0 Å². The van der Waals surface area contributed by atoms with Crippen molar-refractivity contribution in [3.63, 3.8) is 0 Å². The topological polar surface area (TPSA) is 81.9 Å². The molecule has 1 heterocycles. The van der Waals surface area contributed by atoms with Crippen molar-refractivity contribution in [3.8, 4) is 0 Å². The summed E-state index contributed by atoms with van der Waals surface area (Å²) < 4.78 is 10.8. The number of amides is 1. The summed E-state index contributed by atoms with van der Waals surface area (Å²) in [6.07, 6.45) is 0.0823. The first-order valence-corrected chi connectivity index (χ1v) is 7.30. The van der Waals surface area contributed by atoms with E-state index in [0.29, 0.717) is 13.0 Å². The molecule has 1 saturated heterocycles. The molecule has 6 heteroatoms. The molecule has 1 rings (SSSR count). The number of ether oxygens (including phenoxy) is 2. The van der Waals surface area contributed by atoms with Crippen LogP contribution >= 0.6 is 0 Å². The van der Waals surface area contributed by atoms with E-state index in [0.717, 1.165) is 0 Å². The first-order chi connectivity index (χ1) is 9.38. The van der Waals surface area contributed by atoms with Crippen molar-refractivity contribution in [3.05, 3.63) is 0 Å². The molecule has 1 aliphatic heterocycles. The van der Waals surface area contributed by atoms with E-state index in [4.69, 9.17) is 15.2 Å².